The van der Waals surface area contributed by atoms with Crippen LogP contribution in [0.1, 0.15) is 64.7 Å². The first kappa shape index (κ1) is 11.2. The van der Waals surface area contributed by atoms with Crippen LogP contribution in [-0.2, 0) is 4.79 Å². The lowest BCUT2D eigenvalue weighted by Crippen LogP contribution is -2.29. The molecule has 0 aromatic heterocycles. The number of rotatable bonds is 2. The van der Waals surface area contributed by atoms with E-state index in [1.165, 1.54) is 44.9 Å². The number of carbonyl (C=O) groups is 1. The molecule has 2 rings (SSSR count). The molecule has 0 heterocycles. The number of Topliss-reactive ketones (excluding diaryl/α,β-unsaturated/α-hetero) is 1. The van der Waals surface area contributed by atoms with Gasteiger partial charge in [-0.15, -0.1) is 0 Å². The van der Waals surface area contributed by atoms with Crippen LogP contribution in [0, 0.1) is 17.8 Å². The fraction of sp³-hybridized carbons (Fsp3) is 0.929. The molecule has 2 aliphatic rings. The molecular weight excluding hydrogens is 184 g/mol. The lowest BCUT2D eigenvalue weighted by Gasteiger charge is -2.38. The Morgan fingerprint density at radius 2 is 1.73 bits per heavy atom. The average Bonchev–Trinajstić information content (AvgIpc) is 2.30. The van der Waals surface area contributed by atoms with Crippen LogP contribution in [-0.4, -0.2) is 5.78 Å². The topological polar surface area (TPSA) is 17.1 Å². The van der Waals surface area contributed by atoms with Gasteiger partial charge in [0.1, 0.15) is 5.78 Å². The van der Waals surface area contributed by atoms with Gasteiger partial charge in [0.25, 0.3) is 0 Å². The van der Waals surface area contributed by atoms with E-state index in [-0.39, 0.29) is 0 Å². The normalized spacial score (nSPS) is 34.3. The molecule has 0 aromatic rings. The molecular formula is C14H24O. The quantitative estimate of drug-likeness (QED) is 0.671. The molecule has 0 N–H and O–H groups in total. The Balaban J connectivity index is 1.92. The Hall–Kier alpha value is -0.330. The summed E-state index contributed by atoms with van der Waals surface area (Å²) >= 11 is 0. The molecule has 1 nitrogen and oxygen atoms in total. The van der Waals surface area contributed by atoms with E-state index >= 15 is 0 Å². The summed E-state index contributed by atoms with van der Waals surface area (Å²) in [4.78, 5) is 11.2. The van der Waals surface area contributed by atoms with Crippen molar-refractivity contribution in [3.63, 3.8) is 0 Å². The third-order valence-electron chi connectivity index (χ3n) is 4.69. The van der Waals surface area contributed by atoms with E-state index in [2.05, 4.69) is 6.92 Å². The molecule has 0 spiro atoms. The first-order valence-corrected chi connectivity index (χ1v) is 6.83. The van der Waals surface area contributed by atoms with Crippen molar-refractivity contribution in [3.05, 3.63) is 0 Å². The van der Waals surface area contributed by atoms with Crippen molar-refractivity contribution in [2.75, 3.05) is 0 Å². The maximum atomic E-state index is 11.2. The highest BCUT2D eigenvalue weighted by Gasteiger charge is 2.32. The van der Waals surface area contributed by atoms with Crippen LogP contribution >= 0.6 is 0 Å². The fourth-order valence-electron chi connectivity index (χ4n) is 3.75. The summed E-state index contributed by atoms with van der Waals surface area (Å²) in [6, 6.07) is 0. The zero-order valence-electron chi connectivity index (χ0n) is 10.0. The van der Waals surface area contributed by atoms with Gasteiger partial charge in [-0.05, 0) is 37.0 Å². The third-order valence-corrected chi connectivity index (χ3v) is 4.69. The molecule has 0 bridgehead atoms. The molecule has 0 amide bonds. The SMILES string of the molecule is CCC1CCCCC1C1CCC(=O)CC1. The van der Waals surface area contributed by atoms with Gasteiger partial charge in [-0.1, -0.05) is 32.6 Å². The van der Waals surface area contributed by atoms with E-state index in [4.69, 9.17) is 0 Å². The Bertz CT molecular complexity index is 211. The summed E-state index contributed by atoms with van der Waals surface area (Å²) in [5, 5.41) is 0. The molecule has 0 aromatic carbocycles. The Morgan fingerprint density at radius 1 is 1.07 bits per heavy atom. The largest absolute Gasteiger partial charge is 0.300 e. The molecule has 0 aliphatic heterocycles. The van der Waals surface area contributed by atoms with Gasteiger partial charge in [0.05, 0.1) is 0 Å². The van der Waals surface area contributed by atoms with Gasteiger partial charge in [-0.25, -0.2) is 0 Å². The van der Waals surface area contributed by atoms with Gasteiger partial charge in [-0.2, -0.15) is 0 Å². The summed E-state index contributed by atoms with van der Waals surface area (Å²) in [6.07, 6.45) is 11.3. The number of hydrogen-bond donors (Lipinski definition) is 0. The Kier molecular flexibility index (Phi) is 3.82. The monoisotopic (exact) mass is 208 g/mol. The third kappa shape index (κ3) is 2.62. The molecule has 0 saturated heterocycles. The highest BCUT2D eigenvalue weighted by atomic mass is 16.1. The van der Waals surface area contributed by atoms with Crippen molar-refractivity contribution in [3.8, 4) is 0 Å². The number of hydrogen-bond acceptors (Lipinski definition) is 1. The van der Waals surface area contributed by atoms with Crippen LogP contribution in [0.25, 0.3) is 0 Å². The highest BCUT2D eigenvalue weighted by molar-refractivity contribution is 5.79. The molecule has 2 atom stereocenters. The van der Waals surface area contributed by atoms with E-state index < -0.39 is 0 Å². The van der Waals surface area contributed by atoms with Gasteiger partial charge < -0.3 is 0 Å². The second-order valence-corrected chi connectivity index (χ2v) is 5.49. The van der Waals surface area contributed by atoms with Crippen molar-refractivity contribution in [2.45, 2.75) is 64.7 Å². The minimum absolute atomic E-state index is 0.509. The van der Waals surface area contributed by atoms with Crippen molar-refractivity contribution in [2.24, 2.45) is 17.8 Å². The molecule has 15 heavy (non-hydrogen) atoms. The Labute approximate surface area is 93.6 Å². The van der Waals surface area contributed by atoms with Crippen LogP contribution in [0.5, 0.6) is 0 Å². The van der Waals surface area contributed by atoms with Gasteiger partial charge >= 0.3 is 0 Å². The van der Waals surface area contributed by atoms with Crippen LogP contribution in [0.3, 0.4) is 0 Å². The van der Waals surface area contributed by atoms with Gasteiger partial charge in [0.2, 0.25) is 0 Å². The van der Waals surface area contributed by atoms with Crippen LogP contribution in [0.15, 0.2) is 0 Å². The standard InChI is InChI=1S/C14H24O/c1-2-11-5-3-4-6-14(11)12-7-9-13(15)10-8-12/h11-12,14H,2-10H2,1H3. The first-order valence-electron chi connectivity index (χ1n) is 6.83. The molecule has 0 radical (unpaired) electrons. The summed E-state index contributed by atoms with van der Waals surface area (Å²) < 4.78 is 0. The van der Waals surface area contributed by atoms with Crippen molar-refractivity contribution >= 4 is 5.78 Å². The maximum Gasteiger partial charge on any atom is 0.132 e. The molecule has 2 saturated carbocycles. The maximum absolute atomic E-state index is 11.2. The van der Waals surface area contributed by atoms with Crippen LogP contribution in [0.4, 0.5) is 0 Å². The summed E-state index contributed by atoms with van der Waals surface area (Å²) in [7, 11) is 0. The lowest BCUT2D eigenvalue weighted by atomic mass is 9.67. The molecule has 2 fully saturated rings. The molecule has 86 valence electrons. The van der Waals surface area contributed by atoms with Gasteiger partial charge in [0, 0.05) is 12.8 Å². The predicted octanol–water partition coefficient (Wildman–Crippen LogP) is 3.96. The molecule has 2 unspecified atom stereocenters. The summed E-state index contributed by atoms with van der Waals surface area (Å²) in [5.74, 6) is 3.32. The smallest absolute Gasteiger partial charge is 0.132 e. The van der Waals surface area contributed by atoms with Crippen LogP contribution in [0.2, 0.25) is 0 Å². The number of carbonyl (C=O) groups excluding carboxylic acids is 1. The molecule has 2 aliphatic carbocycles. The van der Waals surface area contributed by atoms with E-state index in [1.807, 2.05) is 0 Å². The predicted molar refractivity (Wildman–Crippen MR) is 62.7 cm³/mol. The van der Waals surface area contributed by atoms with E-state index in [0.717, 1.165) is 30.6 Å². The summed E-state index contributed by atoms with van der Waals surface area (Å²) in [6.45, 7) is 2.34. The second-order valence-electron chi connectivity index (χ2n) is 5.49. The van der Waals surface area contributed by atoms with Gasteiger partial charge in [0.15, 0.2) is 0 Å². The lowest BCUT2D eigenvalue weighted by molar-refractivity contribution is -0.121. The minimum atomic E-state index is 0.509. The fourth-order valence-corrected chi connectivity index (χ4v) is 3.75. The summed E-state index contributed by atoms with van der Waals surface area (Å²) in [5.41, 5.74) is 0. The zero-order chi connectivity index (χ0) is 10.7. The Morgan fingerprint density at radius 3 is 2.40 bits per heavy atom. The van der Waals surface area contributed by atoms with Gasteiger partial charge in [-0.3, -0.25) is 4.79 Å². The zero-order valence-corrected chi connectivity index (χ0v) is 10.0. The first-order chi connectivity index (χ1) is 7.31. The highest BCUT2D eigenvalue weighted by Crippen LogP contribution is 2.42. The second kappa shape index (κ2) is 5.14. The van der Waals surface area contributed by atoms with Crippen molar-refractivity contribution < 1.29 is 4.79 Å². The van der Waals surface area contributed by atoms with E-state index in [9.17, 15) is 4.79 Å². The average molecular weight is 208 g/mol. The minimum Gasteiger partial charge on any atom is -0.300 e. The van der Waals surface area contributed by atoms with Crippen molar-refractivity contribution in [1.82, 2.24) is 0 Å². The molecule has 1 heteroatoms. The number of ketones is 1. The van der Waals surface area contributed by atoms with Crippen LogP contribution < -0.4 is 0 Å². The van der Waals surface area contributed by atoms with E-state index in [1.54, 1.807) is 0 Å². The van der Waals surface area contributed by atoms with Crippen molar-refractivity contribution in [1.29, 1.82) is 0 Å². The van der Waals surface area contributed by atoms with E-state index in [0.29, 0.717) is 5.78 Å².